The van der Waals surface area contributed by atoms with Crippen molar-refractivity contribution in [1.29, 1.82) is 0 Å². The molecule has 7 heteroatoms. The summed E-state index contributed by atoms with van der Waals surface area (Å²) in [6.07, 6.45) is 1.80. The van der Waals surface area contributed by atoms with Gasteiger partial charge in [-0.25, -0.2) is 4.79 Å². The standard InChI is InChI=1S/C14H19BO4S2/c1-13(2)14(3,4)19-15(18-13)10(6-20)5-9-7-21-8-11(9)12(16)17/h5,7-8,20H,6H2,1-4H3,(H,16,17). The molecule has 0 atom stereocenters. The van der Waals surface area contributed by atoms with Gasteiger partial charge < -0.3 is 14.4 Å². The largest absolute Gasteiger partial charge is 0.491 e. The van der Waals surface area contributed by atoms with Crippen LogP contribution < -0.4 is 0 Å². The summed E-state index contributed by atoms with van der Waals surface area (Å²) in [5.41, 5.74) is 0.911. The fraction of sp³-hybridized carbons (Fsp3) is 0.500. The molecule has 2 heterocycles. The van der Waals surface area contributed by atoms with Crippen LogP contribution in [-0.2, 0) is 9.31 Å². The Morgan fingerprint density at radius 1 is 1.33 bits per heavy atom. The summed E-state index contributed by atoms with van der Waals surface area (Å²) in [5, 5.41) is 12.6. The third-order valence-electron chi connectivity index (χ3n) is 4.00. The summed E-state index contributed by atoms with van der Waals surface area (Å²) in [6.45, 7) is 7.93. The molecule has 0 aromatic carbocycles. The van der Waals surface area contributed by atoms with E-state index < -0.39 is 24.3 Å². The van der Waals surface area contributed by atoms with Crippen LogP contribution in [0.5, 0.6) is 0 Å². The molecule has 0 saturated carbocycles. The van der Waals surface area contributed by atoms with Gasteiger partial charge in [0.1, 0.15) is 0 Å². The van der Waals surface area contributed by atoms with Crippen molar-refractivity contribution in [3.8, 4) is 0 Å². The van der Waals surface area contributed by atoms with Crippen molar-refractivity contribution in [2.45, 2.75) is 38.9 Å². The zero-order valence-electron chi connectivity index (χ0n) is 12.5. The second-order valence-corrected chi connectivity index (χ2v) is 7.07. The third-order valence-corrected chi connectivity index (χ3v) is 5.13. The molecule has 4 nitrogen and oxygen atoms in total. The van der Waals surface area contributed by atoms with Gasteiger partial charge in [0.25, 0.3) is 0 Å². The summed E-state index contributed by atoms with van der Waals surface area (Å²) < 4.78 is 12.0. The number of hydrogen-bond donors (Lipinski definition) is 2. The predicted octanol–water partition coefficient (Wildman–Crippen LogP) is 3.39. The molecular formula is C14H19BO4S2. The van der Waals surface area contributed by atoms with E-state index >= 15 is 0 Å². The lowest BCUT2D eigenvalue weighted by atomic mass is 9.78. The molecular weight excluding hydrogens is 307 g/mol. The summed E-state index contributed by atoms with van der Waals surface area (Å²) in [5.74, 6) is -0.499. The zero-order chi connectivity index (χ0) is 15.8. The molecule has 1 fully saturated rings. The Morgan fingerprint density at radius 3 is 2.38 bits per heavy atom. The average Bonchev–Trinajstić information content (AvgIpc) is 2.89. The van der Waals surface area contributed by atoms with Gasteiger partial charge in [-0.3, -0.25) is 0 Å². The van der Waals surface area contributed by atoms with E-state index in [1.165, 1.54) is 11.3 Å². The van der Waals surface area contributed by atoms with Crippen LogP contribution in [0.1, 0.15) is 43.6 Å². The van der Waals surface area contributed by atoms with E-state index in [-0.39, 0.29) is 5.56 Å². The number of carboxylic acid groups (broad SMARTS) is 1. The summed E-state index contributed by atoms with van der Waals surface area (Å²) in [6, 6.07) is 0. The molecule has 114 valence electrons. The smallest absolute Gasteiger partial charge is 0.478 e. The summed E-state index contributed by atoms with van der Waals surface area (Å²) in [7, 11) is -0.506. The first-order valence-electron chi connectivity index (χ1n) is 6.64. The minimum Gasteiger partial charge on any atom is -0.478 e. The van der Waals surface area contributed by atoms with Gasteiger partial charge in [0.05, 0.1) is 16.8 Å². The lowest BCUT2D eigenvalue weighted by Gasteiger charge is -2.32. The molecule has 2 rings (SSSR count). The topological polar surface area (TPSA) is 55.8 Å². The number of aromatic carboxylic acids is 1. The third kappa shape index (κ3) is 3.21. The van der Waals surface area contributed by atoms with Crippen LogP contribution in [0.3, 0.4) is 0 Å². The molecule has 21 heavy (non-hydrogen) atoms. The predicted molar refractivity (Wildman–Crippen MR) is 89.2 cm³/mol. The molecule has 1 aromatic heterocycles. The fourth-order valence-corrected chi connectivity index (χ4v) is 3.00. The first-order chi connectivity index (χ1) is 9.68. The van der Waals surface area contributed by atoms with E-state index in [4.69, 9.17) is 14.4 Å². The maximum Gasteiger partial charge on any atom is 0.491 e. The minimum absolute atomic E-state index is 0.288. The monoisotopic (exact) mass is 326 g/mol. The van der Waals surface area contributed by atoms with E-state index in [9.17, 15) is 4.79 Å². The van der Waals surface area contributed by atoms with Gasteiger partial charge >= 0.3 is 13.1 Å². The SMILES string of the molecule is CC1(C)OB(C(=Cc2cscc2C(=O)O)CS)OC1(C)C. The van der Waals surface area contributed by atoms with Crippen molar-refractivity contribution in [3.05, 3.63) is 27.4 Å². The van der Waals surface area contributed by atoms with Crippen molar-refractivity contribution in [2.24, 2.45) is 0 Å². The maximum atomic E-state index is 11.2. The van der Waals surface area contributed by atoms with Crippen molar-refractivity contribution < 1.29 is 19.2 Å². The highest BCUT2D eigenvalue weighted by Gasteiger charge is 2.52. The molecule has 0 unspecified atom stereocenters. The van der Waals surface area contributed by atoms with Crippen molar-refractivity contribution >= 4 is 43.1 Å². The highest BCUT2D eigenvalue weighted by Crippen LogP contribution is 2.39. The van der Waals surface area contributed by atoms with Gasteiger partial charge in [0.15, 0.2) is 0 Å². The molecule has 1 aliphatic heterocycles. The van der Waals surface area contributed by atoms with Crippen LogP contribution in [0.15, 0.2) is 16.2 Å². The van der Waals surface area contributed by atoms with Crippen LogP contribution >= 0.6 is 24.0 Å². The van der Waals surface area contributed by atoms with Gasteiger partial charge in [0.2, 0.25) is 0 Å². The van der Waals surface area contributed by atoms with E-state index in [0.29, 0.717) is 11.3 Å². The normalized spacial score (nSPS) is 20.8. The van der Waals surface area contributed by atoms with Crippen molar-refractivity contribution in [2.75, 3.05) is 5.75 Å². The number of carboxylic acids is 1. The van der Waals surface area contributed by atoms with Crippen molar-refractivity contribution in [1.82, 2.24) is 0 Å². The van der Waals surface area contributed by atoms with Gasteiger partial charge in [-0.1, -0.05) is 6.08 Å². The quantitative estimate of drug-likeness (QED) is 0.658. The Kier molecular flexibility index (Phi) is 4.59. The number of rotatable bonds is 4. The van der Waals surface area contributed by atoms with Crippen LogP contribution in [0.2, 0.25) is 0 Å². The summed E-state index contributed by atoms with van der Waals surface area (Å²) in [4.78, 5) is 11.2. The number of thiol groups is 1. The molecule has 0 spiro atoms. The van der Waals surface area contributed by atoms with Crippen LogP contribution in [0, 0.1) is 0 Å². The van der Waals surface area contributed by atoms with E-state index in [1.54, 1.807) is 16.8 Å². The second-order valence-electron chi connectivity index (χ2n) is 6.01. The Bertz CT molecular complexity index is 561. The van der Waals surface area contributed by atoms with Crippen LogP contribution in [0.25, 0.3) is 6.08 Å². The van der Waals surface area contributed by atoms with Crippen LogP contribution in [0.4, 0.5) is 0 Å². The maximum absolute atomic E-state index is 11.2. The Balaban J connectivity index is 2.31. The molecule has 1 saturated heterocycles. The van der Waals surface area contributed by atoms with Gasteiger partial charge in [-0.05, 0) is 44.1 Å². The number of thiophene rings is 1. The lowest BCUT2D eigenvalue weighted by Crippen LogP contribution is -2.41. The first kappa shape index (κ1) is 16.6. The summed E-state index contributed by atoms with van der Waals surface area (Å²) >= 11 is 5.69. The highest BCUT2D eigenvalue weighted by atomic mass is 32.1. The van der Waals surface area contributed by atoms with E-state index in [1.807, 2.05) is 27.7 Å². The van der Waals surface area contributed by atoms with Crippen LogP contribution in [-0.4, -0.2) is 35.1 Å². The zero-order valence-corrected chi connectivity index (χ0v) is 14.3. The molecule has 1 aliphatic rings. The highest BCUT2D eigenvalue weighted by molar-refractivity contribution is 7.80. The number of hydrogen-bond acceptors (Lipinski definition) is 5. The number of carbonyl (C=O) groups is 1. The Labute approximate surface area is 134 Å². The minimum atomic E-state index is -0.935. The molecule has 0 amide bonds. The first-order valence-corrected chi connectivity index (χ1v) is 8.22. The Morgan fingerprint density at radius 2 is 1.90 bits per heavy atom. The fourth-order valence-electron chi connectivity index (χ4n) is 1.97. The van der Waals surface area contributed by atoms with E-state index in [2.05, 4.69) is 12.6 Å². The van der Waals surface area contributed by atoms with Gasteiger partial charge in [-0.15, -0.1) is 0 Å². The second kappa shape index (κ2) is 5.80. The van der Waals surface area contributed by atoms with E-state index in [0.717, 1.165) is 5.47 Å². The lowest BCUT2D eigenvalue weighted by molar-refractivity contribution is 0.00578. The molecule has 1 N–H and O–H groups in total. The van der Waals surface area contributed by atoms with Gasteiger partial charge in [0, 0.05) is 11.1 Å². The molecule has 0 aliphatic carbocycles. The Hall–Kier alpha value is -0.755. The average molecular weight is 326 g/mol. The molecule has 0 bridgehead atoms. The molecule has 0 radical (unpaired) electrons. The van der Waals surface area contributed by atoms with Gasteiger partial charge in [-0.2, -0.15) is 24.0 Å². The van der Waals surface area contributed by atoms with Crippen molar-refractivity contribution in [3.63, 3.8) is 0 Å². The molecule has 1 aromatic rings.